The summed E-state index contributed by atoms with van der Waals surface area (Å²) in [6.45, 7) is 2.11. The Hall–Kier alpha value is -3.82. The first-order valence-corrected chi connectivity index (χ1v) is 7.76. The molecule has 0 aliphatic rings. The van der Waals surface area contributed by atoms with Gasteiger partial charge in [0.25, 0.3) is 5.69 Å². The molecule has 0 bridgehead atoms. The number of aryl methyl sites for hydroxylation is 1. The van der Waals surface area contributed by atoms with Crippen LogP contribution >= 0.6 is 0 Å². The summed E-state index contributed by atoms with van der Waals surface area (Å²) in [6.07, 6.45) is 5.07. The Morgan fingerprint density at radius 2 is 2.12 bits per heavy atom. The highest BCUT2D eigenvalue weighted by molar-refractivity contribution is 5.83. The van der Waals surface area contributed by atoms with Gasteiger partial charge in [0.05, 0.1) is 23.1 Å². The predicted octanol–water partition coefficient (Wildman–Crippen LogP) is 1.86. The molecule has 0 saturated carbocycles. The van der Waals surface area contributed by atoms with Crippen LogP contribution in [0.3, 0.4) is 0 Å². The molecule has 0 aliphatic heterocycles. The number of benzene rings is 1. The van der Waals surface area contributed by atoms with Crippen LogP contribution < -0.4 is 5.73 Å². The number of nitro benzene ring substituents is 1. The molecular weight excluding hydrogens is 336 g/mol. The van der Waals surface area contributed by atoms with E-state index in [0.717, 1.165) is 5.56 Å². The minimum absolute atomic E-state index is 0.0895. The van der Waals surface area contributed by atoms with Crippen LogP contribution in [-0.2, 0) is 6.54 Å². The Labute approximate surface area is 147 Å². The molecule has 0 atom stereocenters. The van der Waals surface area contributed by atoms with E-state index in [-0.39, 0.29) is 11.6 Å². The summed E-state index contributed by atoms with van der Waals surface area (Å²) in [5.74, 6) is 0.660. The predicted molar refractivity (Wildman–Crippen MR) is 93.8 cm³/mol. The summed E-state index contributed by atoms with van der Waals surface area (Å²) in [6, 6.07) is 6.76. The minimum Gasteiger partial charge on any atom is -0.368 e. The molecule has 0 amide bonds. The van der Waals surface area contributed by atoms with Gasteiger partial charge in [-0.1, -0.05) is 6.07 Å². The third-order valence-corrected chi connectivity index (χ3v) is 4.01. The van der Waals surface area contributed by atoms with Gasteiger partial charge in [0.2, 0.25) is 5.95 Å². The lowest BCUT2D eigenvalue weighted by Crippen LogP contribution is -2.07. The maximum absolute atomic E-state index is 11.0. The number of nitrogens with two attached hydrogens (primary N) is 1. The Morgan fingerprint density at radius 1 is 1.27 bits per heavy atom. The molecule has 10 nitrogen and oxygen atoms in total. The molecule has 3 aromatic heterocycles. The molecule has 0 saturated heterocycles. The monoisotopic (exact) mass is 350 g/mol. The largest absolute Gasteiger partial charge is 0.368 e. The van der Waals surface area contributed by atoms with Crippen LogP contribution in [0.5, 0.6) is 0 Å². The molecule has 2 N–H and O–H groups in total. The van der Waals surface area contributed by atoms with E-state index in [0.29, 0.717) is 29.0 Å². The highest BCUT2D eigenvalue weighted by Gasteiger charge is 2.15. The number of aromatic nitrogens is 6. The van der Waals surface area contributed by atoms with E-state index in [2.05, 4.69) is 20.2 Å². The second-order valence-corrected chi connectivity index (χ2v) is 5.77. The summed E-state index contributed by atoms with van der Waals surface area (Å²) in [5.41, 5.74) is 7.97. The van der Waals surface area contributed by atoms with Crippen LogP contribution in [0, 0.1) is 17.0 Å². The molecule has 4 aromatic rings. The average molecular weight is 350 g/mol. The van der Waals surface area contributed by atoms with Crippen LogP contribution in [0.4, 0.5) is 11.6 Å². The lowest BCUT2D eigenvalue weighted by molar-refractivity contribution is -0.385. The van der Waals surface area contributed by atoms with E-state index in [1.165, 1.54) is 6.07 Å². The smallest absolute Gasteiger partial charge is 0.272 e. The number of nitro groups is 1. The van der Waals surface area contributed by atoms with Gasteiger partial charge in [-0.25, -0.2) is 9.36 Å². The van der Waals surface area contributed by atoms with Gasteiger partial charge in [-0.15, -0.1) is 0 Å². The molecule has 0 spiro atoms. The fraction of sp³-hybridized carbons (Fsp3) is 0.125. The lowest BCUT2D eigenvalue weighted by Gasteiger charge is -2.07. The Balaban J connectivity index is 1.77. The van der Waals surface area contributed by atoms with Gasteiger partial charge in [-0.3, -0.25) is 10.1 Å². The van der Waals surface area contributed by atoms with Crippen molar-refractivity contribution >= 4 is 22.7 Å². The topological polar surface area (TPSA) is 131 Å². The Kier molecular flexibility index (Phi) is 3.57. The fourth-order valence-corrected chi connectivity index (χ4v) is 2.83. The van der Waals surface area contributed by atoms with Gasteiger partial charge in [-0.2, -0.15) is 20.2 Å². The standard InChI is InChI=1S/C16H14N8O2/c1-10-7-11(3-4-13(10)24(25)26)9-23-15-12(8-19-23)14(20-16(17)21-15)22-6-2-5-18-22/h2-8H,9H2,1H3,(H2,17,20,21). The molecule has 130 valence electrons. The van der Waals surface area contributed by atoms with Crippen LogP contribution in [-0.4, -0.2) is 34.5 Å². The van der Waals surface area contributed by atoms with E-state index >= 15 is 0 Å². The summed E-state index contributed by atoms with van der Waals surface area (Å²) < 4.78 is 3.28. The van der Waals surface area contributed by atoms with E-state index < -0.39 is 4.92 Å². The number of nitrogen functional groups attached to an aromatic ring is 1. The first kappa shape index (κ1) is 15.7. The molecule has 0 radical (unpaired) electrons. The minimum atomic E-state index is -0.396. The van der Waals surface area contributed by atoms with Crippen LogP contribution in [0.15, 0.2) is 42.9 Å². The van der Waals surface area contributed by atoms with E-state index in [4.69, 9.17) is 5.73 Å². The van der Waals surface area contributed by atoms with Crippen molar-refractivity contribution in [2.75, 3.05) is 5.73 Å². The normalized spacial score (nSPS) is 11.1. The van der Waals surface area contributed by atoms with Crippen molar-refractivity contribution in [3.8, 4) is 5.82 Å². The number of nitrogens with zero attached hydrogens (tertiary/aromatic N) is 7. The molecule has 10 heteroatoms. The van der Waals surface area contributed by atoms with Gasteiger partial charge < -0.3 is 5.73 Å². The second kappa shape index (κ2) is 5.92. The van der Waals surface area contributed by atoms with Crippen molar-refractivity contribution < 1.29 is 4.92 Å². The third-order valence-electron chi connectivity index (χ3n) is 4.01. The highest BCUT2D eigenvalue weighted by Crippen LogP contribution is 2.22. The third kappa shape index (κ3) is 2.62. The van der Waals surface area contributed by atoms with Crippen molar-refractivity contribution in [2.24, 2.45) is 0 Å². The Morgan fingerprint density at radius 3 is 2.81 bits per heavy atom. The van der Waals surface area contributed by atoms with Gasteiger partial charge in [0.15, 0.2) is 11.5 Å². The molecule has 0 aliphatic carbocycles. The van der Waals surface area contributed by atoms with Crippen LogP contribution in [0.25, 0.3) is 16.9 Å². The number of anilines is 1. The first-order valence-electron chi connectivity index (χ1n) is 7.76. The van der Waals surface area contributed by atoms with Crippen molar-refractivity contribution in [2.45, 2.75) is 13.5 Å². The van der Waals surface area contributed by atoms with Crippen LogP contribution in [0.1, 0.15) is 11.1 Å². The lowest BCUT2D eigenvalue weighted by atomic mass is 10.1. The zero-order chi connectivity index (χ0) is 18.3. The highest BCUT2D eigenvalue weighted by atomic mass is 16.6. The van der Waals surface area contributed by atoms with Gasteiger partial charge >= 0.3 is 0 Å². The van der Waals surface area contributed by atoms with E-state index in [1.807, 2.05) is 0 Å². The average Bonchev–Trinajstić information content (AvgIpc) is 3.24. The molecule has 1 aromatic carbocycles. The van der Waals surface area contributed by atoms with Crippen LogP contribution in [0.2, 0.25) is 0 Å². The maximum Gasteiger partial charge on any atom is 0.272 e. The number of rotatable bonds is 4. The van der Waals surface area contributed by atoms with E-state index in [9.17, 15) is 10.1 Å². The maximum atomic E-state index is 11.0. The molecule has 26 heavy (non-hydrogen) atoms. The molecular formula is C16H14N8O2. The number of hydrogen-bond donors (Lipinski definition) is 1. The van der Waals surface area contributed by atoms with Crippen molar-refractivity contribution in [1.29, 1.82) is 0 Å². The van der Waals surface area contributed by atoms with Gasteiger partial charge in [0, 0.05) is 24.0 Å². The summed E-state index contributed by atoms with van der Waals surface area (Å²) in [5, 5.41) is 20.2. The van der Waals surface area contributed by atoms with Crippen molar-refractivity contribution in [1.82, 2.24) is 29.5 Å². The number of fused-ring (bicyclic) bond motifs is 1. The number of hydrogen-bond acceptors (Lipinski definition) is 7. The fourth-order valence-electron chi connectivity index (χ4n) is 2.83. The zero-order valence-corrected chi connectivity index (χ0v) is 13.8. The zero-order valence-electron chi connectivity index (χ0n) is 13.8. The van der Waals surface area contributed by atoms with Crippen molar-refractivity contribution in [3.63, 3.8) is 0 Å². The van der Waals surface area contributed by atoms with Gasteiger partial charge in [-0.05, 0) is 24.6 Å². The Bertz CT molecular complexity index is 1120. The molecule has 0 unspecified atom stereocenters. The summed E-state index contributed by atoms with van der Waals surface area (Å²) >= 11 is 0. The van der Waals surface area contributed by atoms with Gasteiger partial charge in [0.1, 0.15) is 0 Å². The quantitative estimate of drug-likeness (QED) is 0.439. The van der Waals surface area contributed by atoms with Crippen molar-refractivity contribution in [3.05, 3.63) is 64.1 Å². The molecule has 4 rings (SSSR count). The SMILES string of the molecule is Cc1cc(Cn2ncc3c(-n4cccn4)nc(N)nc32)ccc1[N+](=O)[O-]. The second-order valence-electron chi connectivity index (χ2n) is 5.77. The van der Waals surface area contributed by atoms with E-state index in [1.54, 1.807) is 53.1 Å². The molecule has 3 heterocycles. The summed E-state index contributed by atoms with van der Waals surface area (Å²) in [4.78, 5) is 19.1. The summed E-state index contributed by atoms with van der Waals surface area (Å²) in [7, 11) is 0. The molecule has 0 fully saturated rings. The first-order chi connectivity index (χ1) is 12.5.